The van der Waals surface area contributed by atoms with E-state index >= 15 is 0 Å². The van der Waals surface area contributed by atoms with Gasteiger partial charge in [0.2, 0.25) is 0 Å². The van der Waals surface area contributed by atoms with Gasteiger partial charge >= 0.3 is 12.1 Å². The van der Waals surface area contributed by atoms with Gasteiger partial charge in [0.25, 0.3) is 0 Å². The molecule has 1 rings (SSSR count). The van der Waals surface area contributed by atoms with Gasteiger partial charge in [0.05, 0.1) is 0 Å². The quantitative estimate of drug-likeness (QED) is 0.851. The van der Waals surface area contributed by atoms with Crippen molar-refractivity contribution < 1.29 is 18.0 Å². The standard InChI is InChI=1S/C11H11BrF3NO/c12-9-5-3-8(4-6-9)2-1-7-16-10(17)11(13,14)15/h3-6H,1-2,7H2,(H,16,17). The van der Waals surface area contributed by atoms with Gasteiger partial charge in [0, 0.05) is 11.0 Å². The predicted octanol–water partition coefficient (Wildman–Crippen LogP) is 3.06. The lowest BCUT2D eigenvalue weighted by molar-refractivity contribution is -0.173. The number of hydrogen-bond acceptors (Lipinski definition) is 1. The lowest BCUT2D eigenvalue weighted by Crippen LogP contribution is -2.37. The van der Waals surface area contributed by atoms with Crippen molar-refractivity contribution in [1.82, 2.24) is 5.32 Å². The fraction of sp³-hybridized carbons (Fsp3) is 0.364. The molecule has 0 atom stereocenters. The minimum atomic E-state index is -4.79. The lowest BCUT2D eigenvalue weighted by Gasteiger charge is -2.07. The molecule has 0 aliphatic carbocycles. The predicted molar refractivity (Wildman–Crippen MR) is 61.5 cm³/mol. The molecule has 1 amide bonds. The molecular formula is C11H11BrF3NO. The van der Waals surface area contributed by atoms with Gasteiger partial charge in [-0.05, 0) is 30.5 Å². The minimum absolute atomic E-state index is 0.0222. The molecule has 2 nitrogen and oxygen atoms in total. The largest absolute Gasteiger partial charge is 0.471 e. The van der Waals surface area contributed by atoms with Crippen molar-refractivity contribution in [2.75, 3.05) is 6.54 Å². The number of aryl methyl sites for hydroxylation is 1. The molecule has 1 N–H and O–H groups in total. The Hall–Kier alpha value is -1.04. The Labute approximate surface area is 105 Å². The van der Waals surface area contributed by atoms with Crippen LogP contribution < -0.4 is 5.32 Å². The molecule has 94 valence electrons. The number of halogens is 4. The average Bonchev–Trinajstić information content (AvgIpc) is 2.25. The van der Waals surface area contributed by atoms with E-state index in [1.165, 1.54) is 0 Å². The molecule has 0 spiro atoms. The van der Waals surface area contributed by atoms with Crippen LogP contribution in [0.2, 0.25) is 0 Å². The highest BCUT2D eigenvalue weighted by Gasteiger charge is 2.38. The molecule has 0 saturated carbocycles. The molecule has 0 aliphatic heterocycles. The maximum atomic E-state index is 11.8. The highest BCUT2D eigenvalue weighted by molar-refractivity contribution is 9.10. The zero-order valence-corrected chi connectivity index (χ0v) is 10.4. The van der Waals surface area contributed by atoms with Gasteiger partial charge in [-0.3, -0.25) is 4.79 Å². The van der Waals surface area contributed by atoms with E-state index in [4.69, 9.17) is 0 Å². The van der Waals surface area contributed by atoms with Gasteiger partial charge in [0.1, 0.15) is 0 Å². The fourth-order valence-corrected chi connectivity index (χ4v) is 1.51. The minimum Gasteiger partial charge on any atom is -0.348 e. The zero-order valence-electron chi connectivity index (χ0n) is 8.85. The number of nitrogens with one attached hydrogen (secondary N) is 1. The van der Waals surface area contributed by atoms with E-state index < -0.39 is 12.1 Å². The molecule has 0 bridgehead atoms. The molecule has 1 aromatic carbocycles. The maximum Gasteiger partial charge on any atom is 0.471 e. The Morgan fingerprint density at radius 3 is 2.35 bits per heavy atom. The number of carbonyl (C=O) groups excluding carboxylic acids is 1. The summed E-state index contributed by atoms with van der Waals surface area (Å²) in [6, 6.07) is 7.50. The average molecular weight is 310 g/mol. The van der Waals surface area contributed by atoms with Crippen molar-refractivity contribution in [2.45, 2.75) is 19.0 Å². The van der Waals surface area contributed by atoms with Crippen LogP contribution in [0.4, 0.5) is 13.2 Å². The van der Waals surface area contributed by atoms with Gasteiger partial charge in [-0.2, -0.15) is 13.2 Å². The van der Waals surface area contributed by atoms with E-state index in [0.717, 1.165) is 10.0 Å². The van der Waals surface area contributed by atoms with Crippen molar-refractivity contribution >= 4 is 21.8 Å². The van der Waals surface area contributed by atoms with Crippen molar-refractivity contribution in [3.05, 3.63) is 34.3 Å². The third kappa shape index (κ3) is 5.21. The van der Waals surface area contributed by atoms with Crippen molar-refractivity contribution in [1.29, 1.82) is 0 Å². The van der Waals surface area contributed by atoms with Gasteiger partial charge in [-0.25, -0.2) is 0 Å². The molecule has 6 heteroatoms. The molecule has 1 aromatic rings. The van der Waals surface area contributed by atoms with Crippen LogP contribution in [0.3, 0.4) is 0 Å². The number of benzene rings is 1. The Kier molecular flexibility index (Phi) is 4.99. The van der Waals surface area contributed by atoms with E-state index in [2.05, 4.69) is 15.9 Å². The van der Waals surface area contributed by atoms with E-state index in [-0.39, 0.29) is 6.54 Å². The molecule has 17 heavy (non-hydrogen) atoms. The number of rotatable bonds is 4. The van der Waals surface area contributed by atoms with Crippen LogP contribution in [0.15, 0.2) is 28.7 Å². The first-order valence-corrected chi connectivity index (χ1v) is 5.78. The molecule has 0 aliphatic rings. The monoisotopic (exact) mass is 309 g/mol. The number of carbonyl (C=O) groups is 1. The van der Waals surface area contributed by atoms with Crippen molar-refractivity contribution in [3.8, 4) is 0 Å². The van der Waals surface area contributed by atoms with E-state index in [0.29, 0.717) is 12.8 Å². The van der Waals surface area contributed by atoms with E-state index in [1.54, 1.807) is 0 Å². The molecule has 0 aromatic heterocycles. The summed E-state index contributed by atoms with van der Waals surface area (Å²) >= 11 is 3.29. The fourth-order valence-electron chi connectivity index (χ4n) is 1.25. The first-order chi connectivity index (χ1) is 7.89. The molecular weight excluding hydrogens is 299 g/mol. The van der Waals surface area contributed by atoms with Gasteiger partial charge in [0.15, 0.2) is 0 Å². The summed E-state index contributed by atoms with van der Waals surface area (Å²) in [6.07, 6.45) is -3.69. The van der Waals surface area contributed by atoms with Crippen molar-refractivity contribution in [2.24, 2.45) is 0 Å². The Morgan fingerprint density at radius 1 is 1.24 bits per heavy atom. The van der Waals surface area contributed by atoms with E-state index in [1.807, 2.05) is 29.6 Å². The van der Waals surface area contributed by atoms with Crippen LogP contribution >= 0.6 is 15.9 Å². The number of amides is 1. The first-order valence-electron chi connectivity index (χ1n) is 4.99. The van der Waals surface area contributed by atoms with Crippen LogP contribution in [0, 0.1) is 0 Å². The third-order valence-electron chi connectivity index (χ3n) is 2.10. The highest BCUT2D eigenvalue weighted by atomic mass is 79.9. The first kappa shape index (κ1) is 14.0. The van der Waals surface area contributed by atoms with Crippen LogP contribution in [-0.4, -0.2) is 18.6 Å². The molecule has 0 heterocycles. The second-order valence-electron chi connectivity index (χ2n) is 3.48. The zero-order chi connectivity index (χ0) is 12.9. The SMILES string of the molecule is O=C(NCCCc1ccc(Br)cc1)C(F)(F)F. The number of hydrogen-bond donors (Lipinski definition) is 1. The summed E-state index contributed by atoms with van der Waals surface area (Å²) in [5.74, 6) is -1.88. The Balaban J connectivity index is 2.25. The lowest BCUT2D eigenvalue weighted by atomic mass is 10.1. The normalized spacial score (nSPS) is 11.3. The van der Waals surface area contributed by atoms with Gasteiger partial charge in [-0.1, -0.05) is 28.1 Å². The Bertz CT molecular complexity index is 375. The summed E-state index contributed by atoms with van der Waals surface area (Å²) in [7, 11) is 0. The number of alkyl halides is 3. The van der Waals surface area contributed by atoms with Crippen LogP contribution in [-0.2, 0) is 11.2 Å². The second-order valence-corrected chi connectivity index (χ2v) is 4.40. The smallest absolute Gasteiger partial charge is 0.348 e. The maximum absolute atomic E-state index is 11.8. The van der Waals surface area contributed by atoms with Crippen LogP contribution in [0.5, 0.6) is 0 Å². The summed E-state index contributed by atoms with van der Waals surface area (Å²) in [5.41, 5.74) is 1.02. The molecule has 0 unspecified atom stereocenters. The summed E-state index contributed by atoms with van der Waals surface area (Å²) in [4.78, 5) is 10.5. The summed E-state index contributed by atoms with van der Waals surface area (Å²) < 4.78 is 36.4. The van der Waals surface area contributed by atoms with Crippen molar-refractivity contribution in [3.63, 3.8) is 0 Å². The van der Waals surface area contributed by atoms with Crippen LogP contribution in [0.1, 0.15) is 12.0 Å². The highest BCUT2D eigenvalue weighted by Crippen LogP contribution is 2.14. The Morgan fingerprint density at radius 2 is 1.82 bits per heavy atom. The van der Waals surface area contributed by atoms with Gasteiger partial charge < -0.3 is 5.32 Å². The van der Waals surface area contributed by atoms with Gasteiger partial charge in [-0.15, -0.1) is 0 Å². The topological polar surface area (TPSA) is 29.1 Å². The molecule has 0 radical (unpaired) electrons. The van der Waals surface area contributed by atoms with Crippen LogP contribution in [0.25, 0.3) is 0 Å². The second kappa shape index (κ2) is 6.05. The summed E-state index contributed by atoms with van der Waals surface area (Å²) in [6.45, 7) is 0.0222. The molecule has 0 saturated heterocycles. The van der Waals surface area contributed by atoms with E-state index in [9.17, 15) is 18.0 Å². The molecule has 0 fully saturated rings. The summed E-state index contributed by atoms with van der Waals surface area (Å²) in [5, 5.41) is 1.83. The third-order valence-corrected chi connectivity index (χ3v) is 2.63.